The van der Waals surface area contributed by atoms with Gasteiger partial charge in [-0.05, 0) is 23.6 Å². The molecule has 0 spiro atoms. The Labute approximate surface area is 169 Å². The molecule has 9 heteroatoms. The molecule has 0 bridgehead atoms. The van der Waals surface area contributed by atoms with Gasteiger partial charge in [-0.3, -0.25) is 24.6 Å². The summed E-state index contributed by atoms with van der Waals surface area (Å²) < 4.78 is 0. The van der Waals surface area contributed by atoms with Crippen molar-refractivity contribution in [3.8, 4) is 0 Å². The SMILES string of the molecule is O=C(CN1C(=O)c2cccc3cccc1c23)N/N=C/c1cc([N+](=O)[O-])ccc1Cl. The summed E-state index contributed by atoms with van der Waals surface area (Å²) in [7, 11) is 0. The molecule has 8 nitrogen and oxygen atoms in total. The lowest BCUT2D eigenvalue weighted by molar-refractivity contribution is -0.384. The van der Waals surface area contributed by atoms with Gasteiger partial charge in [-0.2, -0.15) is 5.10 Å². The highest BCUT2D eigenvalue weighted by Crippen LogP contribution is 2.36. The molecule has 2 amide bonds. The number of nitro benzene ring substituents is 1. The molecule has 4 rings (SSSR count). The minimum atomic E-state index is -0.552. The second-order valence-electron chi connectivity index (χ2n) is 6.33. The summed E-state index contributed by atoms with van der Waals surface area (Å²) in [6.07, 6.45) is 1.22. The fraction of sp³-hybridized carbons (Fsp3) is 0.0500. The number of nitrogens with one attached hydrogen (secondary N) is 1. The van der Waals surface area contributed by atoms with Crippen LogP contribution < -0.4 is 10.3 Å². The number of carbonyl (C=O) groups is 2. The van der Waals surface area contributed by atoms with Crippen LogP contribution in [0.1, 0.15) is 15.9 Å². The van der Waals surface area contributed by atoms with Crippen LogP contribution in [-0.4, -0.2) is 29.5 Å². The number of benzene rings is 3. The third-order valence-electron chi connectivity index (χ3n) is 4.53. The maximum Gasteiger partial charge on any atom is 0.270 e. The molecular formula is C20H13ClN4O4. The third kappa shape index (κ3) is 3.41. The van der Waals surface area contributed by atoms with Gasteiger partial charge >= 0.3 is 0 Å². The number of halogens is 1. The number of carbonyl (C=O) groups excluding carboxylic acids is 2. The van der Waals surface area contributed by atoms with Gasteiger partial charge in [-0.1, -0.05) is 35.9 Å². The first kappa shape index (κ1) is 18.6. The van der Waals surface area contributed by atoms with Crippen molar-refractivity contribution in [3.63, 3.8) is 0 Å². The van der Waals surface area contributed by atoms with Crippen molar-refractivity contribution in [2.45, 2.75) is 0 Å². The minimum absolute atomic E-state index is 0.143. The lowest BCUT2D eigenvalue weighted by Gasteiger charge is -2.16. The average Bonchev–Trinajstić information content (AvgIpc) is 2.97. The molecule has 1 aliphatic rings. The van der Waals surface area contributed by atoms with Gasteiger partial charge in [0.05, 0.1) is 16.8 Å². The first-order chi connectivity index (χ1) is 14.0. The van der Waals surface area contributed by atoms with Gasteiger partial charge in [0.15, 0.2) is 0 Å². The summed E-state index contributed by atoms with van der Waals surface area (Å²) in [5, 5.41) is 16.7. The van der Waals surface area contributed by atoms with Crippen LogP contribution in [0.5, 0.6) is 0 Å². The van der Waals surface area contributed by atoms with Crippen molar-refractivity contribution >= 4 is 51.8 Å². The topological polar surface area (TPSA) is 105 Å². The maximum atomic E-state index is 12.7. The Morgan fingerprint density at radius 2 is 1.97 bits per heavy atom. The van der Waals surface area contributed by atoms with E-state index in [2.05, 4.69) is 10.5 Å². The number of amides is 2. The summed E-state index contributed by atoms with van der Waals surface area (Å²) in [4.78, 5) is 36.7. The van der Waals surface area contributed by atoms with Gasteiger partial charge in [0, 0.05) is 33.7 Å². The molecule has 29 heavy (non-hydrogen) atoms. The number of rotatable bonds is 5. The van der Waals surface area contributed by atoms with E-state index in [0.717, 1.165) is 10.8 Å². The van der Waals surface area contributed by atoms with Crippen LogP contribution >= 0.6 is 11.6 Å². The van der Waals surface area contributed by atoms with Crippen molar-refractivity contribution in [1.82, 2.24) is 5.43 Å². The van der Waals surface area contributed by atoms with Gasteiger partial charge in [0.25, 0.3) is 17.5 Å². The predicted octanol–water partition coefficient (Wildman–Crippen LogP) is 3.51. The minimum Gasteiger partial charge on any atom is -0.298 e. The Morgan fingerprint density at radius 3 is 2.72 bits per heavy atom. The molecule has 1 heterocycles. The molecule has 144 valence electrons. The molecule has 0 saturated heterocycles. The standard InChI is InChI=1S/C20H13ClN4O4/c21-16-8-7-14(25(28)29)9-13(16)10-22-23-18(26)11-24-17-6-2-4-12-3-1-5-15(19(12)17)20(24)27/h1-10H,11H2,(H,23,26)/b22-10+. The Kier molecular flexibility index (Phi) is 4.69. The van der Waals surface area contributed by atoms with Gasteiger partial charge in [0.2, 0.25) is 0 Å². The zero-order chi connectivity index (χ0) is 20.5. The molecule has 0 radical (unpaired) electrons. The van der Waals surface area contributed by atoms with Crippen LogP contribution in [0.4, 0.5) is 11.4 Å². The first-order valence-corrected chi connectivity index (χ1v) is 8.93. The molecule has 0 unspecified atom stereocenters. The number of hydrazone groups is 1. The molecular weight excluding hydrogens is 396 g/mol. The molecule has 0 aliphatic carbocycles. The van der Waals surface area contributed by atoms with Gasteiger partial charge < -0.3 is 0 Å². The molecule has 0 atom stereocenters. The van der Waals surface area contributed by atoms with Crippen LogP contribution in [0.25, 0.3) is 10.8 Å². The molecule has 1 N–H and O–H groups in total. The Morgan fingerprint density at radius 1 is 1.21 bits per heavy atom. The van der Waals surface area contributed by atoms with Crippen LogP contribution in [-0.2, 0) is 4.79 Å². The fourth-order valence-electron chi connectivity index (χ4n) is 3.23. The molecule has 0 saturated carbocycles. The highest BCUT2D eigenvalue weighted by molar-refractivity contribution is 6.33. The van der Waals surface area contributed by atoms with Crippen molar-refractivity contribution in [3.05, 3.63) is 80.9 Å². The number of hydrogen-bond donors (Lipinski definition) is 1. The van der Waals surface area contributed by atoms with E-state index in [0.29, 0.717) is 11.3 Å². The Balaban J connectivity index is 1.48. The van der Waals surface area contributed by atoms with E-state index in [1.165, 1.54) is 29.3 Å². The highest BCUT2D eigenvalue weighted by atomic mass is 35.5. The fourth-order valence-corrected chi connectivity index (χ4v) is 3.40. The van der Waals surface area contributed by atoms with Crippen LogP contribution in [0.3, 0.4) is 0 Å². The molecule has 0 aromatic heterocycles. The zero-order valence-electron chi connectivity index (χ0n) is 14.8. The summed E-state index contributed by atoms with van der Waals surface area (Å²) in [5.41, 5.74) is 3.69. The van der Waals surface area contributed by atoms with Crippen molar-refractivity contribution in [2.75, 3.05) is 11.4 Å². The van der Waals surface area contributed by atoms with E-state index in [9.17, 15) is 19.7 Å². The number of nitro groups is 1. The van der Waals surface area contributed by atoms with E-state index < -0.39 is 10.8 Å². The second-order valence-corrected chi connectivity index (χ2v) is 6.74. The zero-order valence-corrected chi connectivity index (χ0v) is 15.6. The molecule has 3 aromatic rings. The van der Waals surface area contributed by atoms with E-state index >= 15 is 0 Å². The monoisotopic (exact) mass is 408 g/mol. The van der Waals surface area contributed by atoms with E-state index in [-0.39, 0.29) is 28.7 Å². The summed E-state index contributed by atoms with van der Waals surface area (Å²) in [5.74, 6) is -0.765. The molecule has 1 aliphatic heterocycles. The van der Waals surface area contributed by atoms with E-state index in [1.54, 1.807) is 18.2 Å². The van der Waals surface area contributed by atoms with Crippen molar-refractivity contribution < 1.29 is 14.5 Å². The average molecular weight is 409 g/mol. The lowest BCUT2D eigenvalue weighted by Crippen LogP contribution is -2.37. The van der Waals surface area contributed by atoms with E-state index in [4.69, 9.17) is 11.6 Å². The summed E-state index contributed by atoms with van der Waals surface area (Å²) in [6.45, 7) is -0.216. The Hall–Kier alpha value is -3.78. The Bertz CT molecular complexity index is 1200. The predicted molar refractivity (Wildman–Crippen MR) is 109 cm³/mol. The highest BCUT2D eigenvalue weighted by Gasteiger charge is 2.30. The smallest absolute Gasteiger partial charge is 0.270 e. The summed E-state index contributed by atoms with van der Waals surface area (Å²) >= 11 is 5.99. The van der Waals surface area contributed by atoms with Gasteiger partial charge in [0.1, 0.15) is 6.54 Å². The number of non-ortho nitro benzene ring substituents is 1. The first-order valence-electron chi connectivity index (χ1n) is 8.55. The van der Waals surface area contributed by atoms with Crippen molar-refractivity contribution in [1.29, 1.82) is 0 Å². The second kappa shape index (κ2) is 7.33. The normalized spacial score (nSPS) is 12.7. The quantitative estimate of drug-likeness (QED) is 0.396. The summed E-state index contributed by atoms with van der Waals surface area (Å²) in [6, 6.07) is 14.9. The third-order valence-corrected chi connectivity index (χ3v) is 4.88. The largest absolute Gasteiger partial charge is 0.298 e. The van der Waals surface area contributed by atoms with Crippen LogP contribution in [0.2, 0.25) is 5.02 Å². The maximum absolute atomic E-state index is 12.7. The van der Waals surface area contributed by atoms with Crippen molar-refractivity contribution in [2.24, 2.45) is 5.10 Å². The lowest BCUT2D eigenvalue weighted by atomic mass is 10.1. The van der Waals surface area contributed by atoms with Crippen LogP contribution in [0.15, 0.2) is 59.7 Å². The molecule has 0 fully saturated rings. The number of anilines is 1. The number of nitrogens with zero attached hydrogens (tertiary/aromatic N) is 3. The number of hydrogen-bond acceptors (Lipinski definition) is 5. The van der Waals surface area contributed by atoms with Crippen LogP contribution in [0, 0.1) is 10.1 Å². The van der Waals surface area contributed by atoms with Gasteiger partial charge in [-0.25, -0.2) is 5.43 Å². The van der Waals surface area contributed by atoms with E-state index in [1.807, 2.05) is 18.2 Å². The molecule has 3 aromatic carbocycles. The van der Waals surface area contributed by atoms with Gasteiger partial charge in [-0.15, -0.1) is 0 Å².